The molecule has 0 heterocycles. The van der Waals surface area contributed by atoms with E-state index in [1.807, 2.05) is 0 Å². The smallest absolute Gasteiger partial charge is 0.326 e. The maximum Gasteiger partial charge on any atom is 0.326 e. The lowest BCUT2D eigenvalue weighted by atomic mass is 9.96. The van der Waals surface area contributed by atoms with Gasteiger partial charge in [0.2, 0.25) is 5.91 Å². The third-order valence-corrected chi connectivity index (χ3v) is 3.18. The van der Waals surface area contributed by atoms with Gasteiger partial charge in [0.15, 0.2) is 0 Å². The minimum atomic E-state index is -0.979. The Bertz CT molecular complexity index is 267. The first-order valence-electron chi connectivity index (χ1n) is 6.64. The number of carboxylic acids is 1. The van der Waals surface area contributed by atoms with Crippen LogP contribution in [0.3, 0.4) is 0 Å². The van der Waals surface area contributed by atoms with Gasteiger partial charge in [-0.05, 0) is 31.2 Å². The Labute approximate surface area is 109 Å². The molecule has 18 heavy (non-hydrogen) atoms. The Hall–Kier alpha value is -1.10. The molecule has 2 atom stereocenters. The van der Waals surface area contributed by atoms with E-state index in [0.29, 0.717) is 18.9 Å². The summed E-state index contributed by atoms with van der Waals surface area (Å²) in [6.45, 7) is 6.26. The Kier molecular flexibility index (Phi) is 8.37. The van der Waals surface area contributed by atoms with Gasteiger partial charge >= 0.3 is 5.97 Å². The minimum absolute atomic E-state index is 0.113. The normalized spacial score (nSPS) is 14.3. The number of hydrogen-bond donors (Lipinski definition) is 3. The van der Waals surface area contributed by atoms with E-state index in [9.17, 15) is 9.59 Å². The van der Waals surface area contributed by atoms with Crippen molar-refractivity contribution >= 4 is 11.9 Å². The Balaban J connectivity index is 4.13. The third-order valence-electron chi connectivity index (χ3n) is 3.18. The van der Waals surface area contributed by atoms with Crippen molar-refractivity contribution in [3.63, 3.8) is 0 Å². The summed E-state index contributed by atoms with van der Waals surface area (Å²) in [6.07, 6.45) is 3.05. The van der Waals surface area contributed by atoms with E-state index in [4.69, 9.17) is 10.8 Å². The molecule has 0 rings (SSSR count). The molecule has 0 spiro atoms. The van der Waals surface area contributed by atoms with E-state index in [1.54, 1.807) is 13.8 Å². The summed E-state index contributed by atoms with van der Waals surface area (Å²) >= 11 is 0. The molecule has 0 aromatic heterocycles. The maximum absolute atomic E-state index is 11.7. The van der Waals surface area contributed by atoms with E-state index >= 15 is 0 Å². The highest BCUT2D eigenvalue weighted by molar-refractivity contribution is 5.83. The van der Waals surface area contributed by atoms with Gasteiger partial charge in [0, 0.05) is 6.42 Å². The van der Waals surface area contributed by atoms with Crippen molar-refractivity contribution in [1.29, 1.82) is 0 Å². The topological polar surface area (TPSA) is 92.4 Å². The van der Waals surface area contributed by atoms with Crippen LogP contribution in [0.25, 0.3) is 0 Å². The summed E-state index contributed by atoms with van der Waals surface area (Å²) in [5.74, 6) is -0.834. The molecule has 1 amide bonds. The van der Waals surface area contributed by atoms with E-state index in [0.717, 1.165) is 19.3 Å². The predicted octanol–water partition coefficient (Wildman–Crippen LogP) is 1.37. The van der Waals surface area contributed by atoms with Crippen LogP contribution in [0.5, 0.6) is 0 Å². The van der Waals surface area contributed by atoms with Crippen LogP contribution >= 0.6 is 0 Å². The SMILES string of the molecule is CCC(CCN)CCC(=O)N[C@@H](C(=O)O)C(C)C. The lowest BCUT2D eigenvalue weighted by Crippen LogP contribution is -2.44. The van der Waals surface area contributed by atoms with Crippen LogP contribution in [-0.2, 0) is 9.59 Å². The van der Waals surface area contributed by atoms with Crippen LogP contribution in [-0.4, -0.2) is 29.6 Å². The van der Waals surface area contributed by atoms with Crippen LogP contribution < -0.4 is 11.1 Å². The number of rotatable bonds is 9. The summed E-state index contributed by atoms with van der Waals surface area (Å²) in [4.78, 5) is 22.6. The fourth-order valence-corrected chi connectivity index (χ4v) is 1.88. The second-order valence-electron chi connectivity index (χ2n) is 5.02. The first kappa shape index (κ1) is 16.9. The standard InChI is InChI=1S/C13H26N2O3/c1-4-10(7-8-14)5-6-11(16)15-12(9(2)3)13(17)18/h9-10,12H,4-8,14H2,1-3H3,(H,15,16)(H,17,18)/t10?,12-/m1/s1. The number of carboxylic acid groups (broad SMARTS) is 1. The quantitative estimate of drug-likeness (QED) is 0.582. The van der Waals surface area contributed by atoms with Crippen molar-refractivity contribution in [2.45, 2.75) is 52.5 Å². The van der Waals surface area contributed by atoms with Gasteiger partial charge in [0.25, 0.3) is 0 Å². The number of hydrogen-bond acceptors (Lipinski definition) is 3. The molecule has 5 heteroatoms. The van der Waals surface area contributed by atoms with Crippen molar-refractivity contribution < 1.29 is 14.7 Å². The molecular weight excluding hydrogens is 232 g/mol. The van der Waals surface area contributed by atoms with Crippen molar-refractivity contribution in [2.24, 2.45) is 17.6 Å². The number of nitrogens with one attached hydrogen (secondary N) is 1. The maximum atomic E-state index is 11.7. The number of carbonyl (C=O) groups is 2. The molecule has 4 N–H and O–H groups in total. The van der Waals surface area contributed by atoms with E-state index in [1.165, 1.54) is 0 Å². The van der Waals surface area contributed by atoms with Crippen molar-refractivity contribution in [3.8, 4) is 0 Å². The Morgan fingerprint density at radius 2 is 1.89 bits per heavy atom. The summed E-state index contributed by atoms with van der Waals surface area (Å²) in [7, 11) is 0. The lowest BCUT2D eigenvalue weighted by molar-refractivity contribution is -0.143. The predicted molar refractivity (Wildman–Crippen MR) is 71.1 cm³/mol. The largest absolute Gasteiger partial charge is 0.480 e. The summed E-state index contributed by atoms with van der Waals surface area (Å²) in [5.41, 5.74) is 5.49. The van der Waals surface area contributed by atoms with Crippen molar-refractivity contribution in [3.05, 3.63) is 0 Å². The molecule has 0 saturated heterocycles. The molecule has 5 nitrogen and oxygen atoms in total. The average Bonchev–Trinajstić information content (AvgIpc) is 2.30. The molecular formula is C13H26N2O3. The van der Waals surface area contributed by atoms with E-state index in [-0.39, 0.29) is 11.8 Å². The van der Waals surface area contributed by atoms with Gasteiger partial charge in [0.05, 0.1) is 0 Å². The zero-order chi connectivity index (χ0) is 14.1. The molecule has 0 radical (unpaired) electrons. The van der Waals surface area contributed by atoms with Crippen LogP contribution in [0, 0.1) is 11.8 Å². The third kappa shape index (κ3) is 6.59. The van der Waals surface area contributed by atoms with Crippen LogP contribution in [0.2, 0.25) is 0 Å². The van der Waals surface area contributed by atoms with Gasteiger partial charge < -0.3 is 16.2 Å². The molecule has 0 aliphatic carbocycles. The van der Waals surface area contributed by atoms with Gasteiger partial charge in [-0.1, -0.05) is 27.2 Å². The van der Waals surface area contributed by atoms with Gasteiger partial charge in [0.1, 0.15) is 6.04 Å². The second-order valence-corrected chi connectivity index (χ2v) is 5.02. The fraction of sp³-hybridized carbons (Fsp3) is 0.846. The van der Waals surface area contributed by atoms with Crippen molar-refractivity contribution in [2.75, 3.05) is 6.54 Å². The van der Waals surface area contributed by atoms with Gasteiger partial charge in [-0.25, -0.2) is 4.79 Å². The summed E-state index contributed by atoms with van der Waals surface area (Å²) < 4.78 is 0. The zero-order valence-corrected chi connectivity index (χ0v) is 11.6. The highest BCUT2D eigenvalue weighted by Gasteiger charge is 2.23. The molecule has 0 saturated carbocycles. The number of aliphatic carboxylic acids is 1. The Morgan fingerprint density at radius 3 is 2.28 bits per heavy atom. The van der Waals surface area contributed by atoms with E-state index in [2.05, 4.69) is 12.2 Å². The molecule has 106 valence electrons. The van der Waals surface area contributed by atoms with Gasteiger partial charge in [-0.3, -0.25) is 4.79 Å². The minimum Gasteiger partial charge on any atom is -0.480 e. The highest BCUT2D eigenvalue weighted by atomic mass is 16.4. The second kappa shape index (κ2) is 8.91. The molecule has 0 aliphatic heterocycles. The van der Waals surface area contributed by atoms with Crippen LogP contribution in [0.4, 0.5) is 0 Å². The molecule has 0 fully saturated rings. The number of nitrogens with two attached hydrogens (primary N) is 1. The summed E-state index contributed by atoms with van der Waals surface area (Å²) in [6, 6.07) is -0.799. The number of amides is 1. The van der Waals surface area contributed by atoms with Crippen LogP contribution in [0.15, 0.2) is 0 Å². The first-order chi connectivity index (χ1) is 8.42. The van der Waals surface area contributed by atoms with Crippen LogP contribution in [0.1, 0.15) is 46.5 Å². The van der Waals surface area contributed by atoms with Gasteiger partial charge in [-0.2, -0.15) is 0 Å². The Morgan fingerprint density at radius 1 is 1.28 bits per heavy atom. The van der Waals surface area contributed by atoms with Gasteiger partial charge in [-0.15, -0.1) is 0 Å². The number of carbonyl (C=O) groups excluding carboxylic acids is 1. The molecule has 0 aromatic carbocycles. The zero-order valence-electron chi connectivity index (χ0n) is 11.6. The molecule has 0 aliphatic rings. The molecule has 0 aromatic rings. The van der Waals surface area contributed by atoms with Crippen molar-refractivity contribution in [1.82, 2.24) is 5.32 Å². The summed E-state index contributed by atoms with van der Waals surface area (Å²) in [5, 5.41) is 11.5. The lowest BCUT2D eigenvalue weighted by Gasteiger charge is -2.19. The van der Waals surface area contributed by atoms with E-state index < -0.39 is 12.0 Å². The molecule has 1 unspecified atom stereocenters. The fourth-order valence-electron chi connectivity index (χ4n) is 1.88. The monoisotopic (exact) mass is 258 g/mol. The molecule has 0 bridgehead atoms. The average molecular weight is 258 g/mol. The highest BCUT2D eigenvalue weighted by Crippen LogP contribution is 2.14. The first-order valence-corrected chi connectivity index (χ1v) is 6.64.